The molecule has 1 unspecified atom stereocenters. The Morgan fingerprint density at radius 1 is 1.62 bits per heavy atom. The number of anilines is 1. The predicted molar refractivity (Wildman–Crippen MR) is 57.7 cm³/mol. The molecule has 0 aromatic carbocycles. The van der Waals surface area contributed by atoms with Crippen LogP contribution in [0.4, 0.5) is 5.82 Å². The molecular weight excluding hydrogens is 212 g/mol. The normalized spacial score (nSPS) is 21.1. The number of aromatic amines is 1. The van der Waals surface area contributed by atoms with Gasteiger partial charge in [0, 0.05) is 32.7 Å². The molecule has 0 radical (unpaired) electrons. The van der Waals surface area contributed by atoms with Crippen molar-refractivity contribution in [3.63, 3.8) is 0 Å². The molecule has 3 N–H and O–H groups in total. The van der Waals surface area contributed by atoms with Gasteiger partial charge in [0.15, 0.2) is 0 Å². The molecule has 1 fully saturated rings. The molecule has 1 aromatic heterocycles. The van der Waals surface area contributed by atoms with E-state index in [2.05, 4.69) is 10.4 Å². The first kappa shape index (κ1) is 10.7. The Hall–Kier alpha value is -1.76. The molecule has 0 amide bonds. The van der Waals surface area contributed by atoms with Gasteiger partial charge in [-0.25, -0.2) is 0 Å². The van der Waals surface area contributed by atoms with Crippen molar-refractivity contribution in [1.82, 2.24) is 15.1 Å². The molecule has 1 aliphatic heterocycles. The van der Waals surface area contributed by atoms with Crippen molar-refractivity contribution in [2.45, 2.75) is 6.04 Å². The van der Waals surface area contributed by atoms with E-state index >= 15 is 0 Å². The number of rotatable bonds is 2. The summed E-state index contributed by atoms with van der Waals surface area (Å²) < 4.78 is 1.37. The second-order valence-corrected chi connectivity index (χ2v) is 3.83. The summed E-state index contributed by atoms with van der Waals surface area (Å²) in [5, 5.41) is 14.7. The molecule has 1 saturated heterocycles. The number of aliphatic carboxylic acids is 1. The quantitative estimate of drug-likeness (QED) is 0.575. The molecule has 7 nitrogen and oxygen atoms in total. The number of nitrogens with one attached hydrogen (secondary N) is 2. The maximum absolute atomic E-state index is 11.3. The van der Waals surface area contributed by atoms with Crippen LogP contribution in [-0.2, 0) is 11.8 Å². The second-order valence-electron chi connectivity index (χ2n) is 3.83. The van der Waals surface area contributed by atoms with Crippen LogP contribution >= 0.6 is 0 Å². The van der Waals surface area contributed by atoms with Crippen LogP contribution in [0.15, 0.2) is 10.9 Å². The largest absolute Gasteiger partial charge is 0.480 e. The minimum absolute atomic E-state index is 0.125. The highest BCUT2D eigenvalue weighted by atomic mass is 16.4. The van der Waals surface area contributed by atoms with Gasteiger partial charge in [0.2, 0.25) is 0 Å². The van der Waals surface area contributed by atoms with E-state index in [0.717, 1.165) is 0 Å². The van der Waals surface area contributed by atoms with E-state index in [0.29, 0.717) is 25.5 Å². The number of carboxylic acid groups (broad SMARTS) is 1. The average Bonchev–Trinajstić information content (AvgIpc) is 2.59. The third-order valence-electron chi connectivity index (χ3n) is 2.69. The zero-order valence-electron chi connectivity index (χ0n) is 8.93. The van der Waals surface area contributed by atoms with E-state index in [1.807, 2.05) is 4.90 Å². The fraction of sp³-hybridized carbons (Fsp3) is 0.556. The Bertz CT molecular complexity index is 450. The number of piperazine rings is 1. The molecule has 7 heteroatoms. The summed E-state index contributed by atoms with van der Waals surface area (Å²) in [6, 6.07) is 0.891. The third-order valence-corrected chi connectivity index (χ3v) is 2.69. The van der Waals surface area contributed by atoms with Crippen LogP contribution in [0.25, 0.3) is 0 Å². The molecule has 1 aliphatic rings. The number of hydrogen-bond acceptors (Lipinski definition) is 4. The van der Waals surface area contributed by atoms with Gasteiger partial charge >= 0.3 is 5.97 Å². The Morgan fingerprint density at radius 2 is 2.38 bits per heavy atom. The summed E-state index contributed by atoms with van der Waals surface area (Å²) in [4.78, 5) is 24.0. The molecule has 1 aromatic rings. The average molecular weight is 226 g/mol. The Morgan fingerprint density at radius 3 is 2.94 bits per heavy atom. The van der Waals surface area contributed by atoms with Crippen molar-refractivity contribution in [2.24, 2.45) is 7.05 Å². The van der Waals surface area contributed by atoms with Crippen LogP contribution in [0.3, 0.4) is 0 Å². The highest BCUT2D eigenvalue weighted by molar-refractivity contribution is 5.74. The first-order valence-electron chi connectivity index (χ1n) is 5.05. The van der Waals surface area contributed by atoms with E-state index in [1.165, 1.54) is 10.7 Å². The third kappa shape index (κ3) is 1.94. The number of carbonyl (C=O) groups is 1. The summed E-state index contributed by atoms with van der Waals surface area (Å²) in [5.41, 5.74) is -0.125. The lowest BCUT2D eigenvalue weighted by molar-refractivity contribution is -0.139. The lowest BCUT2D eigenvalue weighted by atomic mass is 10.2. The first-order chi connectivity index (χ1) is 7.58. The number of aromatic nitrogens is 2. The number of aryl methyl sites for hydroxylation is 1. The van der Waals surface area contributed by atoms with Gasteiger partial charge in [0.25, 0.3) is 5.56 Å². The SMILES string of the molecule is Cn1[nH]c(N2CCNC(C(=O)O)C2)cc1=O. The van der Waals surface area contributed by atoms with Crippen LogP contribution in [-0.4, -0.2) is 46.5 Å². The molecular formula is C9H14N4O3. The smallest absolute Gasteiger partial charge is 0.322 e. The topological polar surface area (TPSA) is 90.4 Å². The molecule has 1 atom stereocenters. The molecule has 0 aliphatic carbocycles. The maximum Gasteiger partial charge on any atom is 0.322 e. The standard InChI is InChI=1S/C9H14N4O3/c1-12-8(14)4-7(11-12)13-3-2-10-6(5-13)9(15)16/h4,6,10-11H,2-3,5H2,1H3,(H,15,16). The molecule has 0 bridgehead atoms. The molecule has 16 heavy (non-hydrogen) atoms. The Balaban J connectivity index is 2.15. The number of hydrogen-bond donors (Lipinski definition) is 3. The van der Waals surface area contributed by atoms with Gasteiger partial charge in [-0.1, -0.05) is 0 Å². The van der Waals surface area contributed by atoms with Crippen molar-refractivity contribution >= 4 is 11.8 Å². The predicted octanol–water partition coefficient (Wildman–Crippen LogP) is -1.42. The zero-order valence-corrected chi connectivity index (χ0v) is 8.93. The van der Waals surface area contributed by atoms with Crippen LogP contribution in [0.2, 0.25) is 0 Å². The van der Waals surface area contributed by atoms with Crippen molar-refractivity contribution in [3.8, 4) is 0 Å². The van der Waals surface area contributed by atoms with Crippen LogP contribution in [0, 0.1) is 0 Å². The highest BCUT2D eigenvalue weighted by Gasteiger charge is 2.25. The fourth-order valence-corrected chi connectivity index (χ4v) is 1.77. The summed E-state index contributed by atoms with van der Waals surface area (Å²) in [7, 11) is 1.63. The van der Waals surface area contributed by atoms with E-state index in [-0.39, 0.29) is 5.56 Å². The molecule has 2 heterocycles. The summed E-state index contributed by atoms with van der Waals surface area (Å²) in [6.45, 7) is 1.63. The van der Waals surface area contributed by atoms with E-state index in [4.69, 9.17) is 5.11 Å². The van der Waals surface area contributed by atoms with Gasteiger partial charge in [-0.3, -0.25) is 19.4 Å². The van der Waals surface area contributed by atoms with E-state index in [9.17, 15) is 9.59 Å². The lowest BCUT2D eigenvalue weighted by Crippen LogP contribution is -2.54. The molecule has 88 valence electrons. The molecule has 0 saturated carbocycles. The Kier molecular flexibility index (Phi) is 2.69. The second kappa shape index (κ2) is 4.01. The molecule has 2 rings (SSSR count). The molecule has 0 spiro atoms. The van der Waals surface area contributed by atoms with Gasteiger partial charge in [-0.05, 0) is 0 Å². The highest BCUT2D eigenvalue weighted by Crippen LogP contribution is 2.10. The minimum atomic E-state index is -0.872. The van der Waals surface area contributed by atoms with Gasteiger partial charge in [0.1, 0.15) is 11.9 Å². The van der Waals surface area contributed by atoms with Crippen molar-refractivity contribution in [3.05, 3.63) is 16.4 Å². The van der Waals surface area contributed by atoms with Crippen LogP contribution < -0.4 is 15.8 Å². The van der Waals surface area contributed by atoms with Gasteiger partial charge in [-0.2, -0.15) is 0 Å². The minimum Gasteiger partial charge on any atom is -0.480 e. The zero-order chi connectivity index (χ0) is 11.7. The Labute approximate surface area is 91.6 Å². The summed E-state index contributed by atoms with van der Waals surface area (Å²) in [5.74, 6) is -0.205. The van der Waals surface area contributed by atoms with Crippen molar-refractivity contribution < 1.29 is 9.90 Å². The lowest BCUT2D eigenvalue weighted by Gasteiger charge is -2.31. The van der Waals surface area contributed by atoms with E-state index in [1.54, 1.807) is 7.05 Å². The first-order valence-corrected chi connectivity index (χ1v) is 5.05. The number of H-pyrrole nitrogens is 1. The summed E-state index contributed by atoms with van der Waals surface area (Å²) >= 11 is 0. The van der Waals surface area contributed by atoms with Crippen LogP contribution in [0.1, 0.15) is 0 Å². The van der Waals surface area contributed by atoms with Gasteiger partial charge < -0.3 is 15.3 Å². The monoisotopic (exact) mass is 226 g/mol. The van der Waals surface area contributed by atoms with E-state index < -0.39 is 12.0 Å². The van der Waals surface area contributed by atoms with Crippen molar-refractivity contribution in [2.75, 3.05) is 24.5 Å². The maximum atomic E-state index is 11.3. The number of carboxylic acids is 1. The van der Waals surface area contributed by atoms with Gasteiger partial charge in [-0.15, -0.1) is 0 Å². The van der Waals surface area contributed by atoms with Crippen LogP contribution in [0.5, 0.6) is 0 Å². The van der Waals surface area contributed by atoms with Crippen molar-refractivity contribution in [1.29, 1.82) is 0 Å². The number of nitrogens with zero attached hydrogens (tertiary/aromatic N) is 2. The summed E-state index contributed by atoms with van der Waals surface area (Å²) in [6.07, 6.45) is 0. The fourth-order valence-electron chi connectivity index (χ4n) is 1.77. The van der Waals surface area contributed by atoms with Gasteiger partial charge in [0.05, 0.1) is 0 Å².